The van der Waals surface area contributed by atoms with Crippen molar-refractivity contribution in [2.75, 3.05) is 7.05 Å². The first-order valence-corrected chi connectivity index (χ1v) is 13.2. The number of halogens is 4. The summed E-state index contributed by atoms with van der Waals surface area (Å²) in [5.74, 6) is -14.4. The number of cyclic esters (lactones) is 1. The molecule has 234 valence electrons. The number of hydrogen-bond donors (Lipinski definition) is 4. The Hall–Kier alpha value is -4.34. The Labute approximate surface area is 243 Å². The van der Waals surface area contributed by atoms with Crippen molar-refractivity contribution < 1.29 is 51.7 Å². The SMILES string of the molecule is CC(C)C1C(=O)O[C@H](C)[C@H](NC(=O)c2ncccc2O)C(=O)N[C@@H](Cc2c(F)nc(F)c(F)c2F)[C@@H](O)[C@@H](C)C(=O)N1C. The zero-order valence-corrected chi connectivity index (χ0v) is 23.8. The molecule has 1 unspecified atom stereocenters. The zero-order valence-electron chi connectivity index (χ0n) is 23.8. The van der Waals surface area contributed by atoms with Gasteiger partial charge in [0.15, 0.2) is 11.5 Å². The quantitative estimate of drug-likeness (QED) is 0.218. The summed E-state index contributed by atoms with van der Waals surface area (Å²) in [5.41, 5.74) is -1.63. The van der Waals surface area contributed by atoms with E-state index in [4.69, 9.17) is 4.74 Å². The molecule has 1 saturated heterocycles. The number of carbonyl (C=O) groups excluding carboxylic acids is 4. The van der Waals surface area contributed by atoms with Crippen molar-refractivity contribution in [1.82, 2.24) is 25.5 Å². The summed E-state index contributed by atoms with van der Waals surface area (Å²) in [5, 5.41) is 25.8. The molecule has 1 fully saturated rings. The number of rotatable bonds is 5. The average molecular weight is 614 g/mol. The van der Waals surface area contributed by atoms with E-state index in [2.05, 4.69) is 20.6 Å². The van der Waals surface area contributed by atoms with Crippen LogP contribution in [0.25, 0.3) is 0 Å². The number of likely N-dealkylation sites (N-methyl/N-ethyl adjacent to an activating group) is 1. The smallest absolute Gasteiger partial charge is 0.329 e. The molecule has 16 heteroatoms. The van der Waals surface area contributed by atoms with Crippen molar-refractivity contribution in [3.05, 3.63) is 53.1 Å². The summed E-state index contributed by atoms with van der Waals surface area (Å²) in [7, 11) is 1.27. The van der Waals surface area contributed by atoms with Crippen molar-refractivity contribution in [3.63, 3.8) is 0 Å². The highest BCUT2D eigenvalue weighted by Gasteiger charge is 2.42. The van der Waals surface area contributed by atoms with Crippen molar-refractivity contribution in [2.45, 2.75) is 64.4 Å². The molecule has 6 atom stereocenters. The summed E-state index contributed by atoms with van der Waals surface area (Å²) in [4.78, 5) is 60.5. The van der Waals surface area contributed by atoms with Crippen LogP contribution in [0.5, 0.6) is 5.75 Å². The predicted molar refractivity (Wildman–Crippen MR) is 139 cm³/mol. The number of aliphatic hydroxyl groups excluding tert-OH is 1. The maximum atomic E-state index is 14.6. The van der Waals surface area contributed by atoms with E-state index in [-0.39, 0.29) is 0 Å². The average Bonchev–Trinajstić information content (AvgIpc) is 2.94. The van der Waals surface area contributed by atoms with Gasteiger partial charge in [-0.05, 0) is 25.0 Å². The van der Waals surface area contributed by atoms with Crippen LogP contribution in [0.3, 0.4) is 0 Å². The molecule has 2 aromatic heterocycles. The van der Waals surface area contributed by atoms with E-state index in [0.29, 0.717) is 0 Å². The maximum Gasteiger partial charge on any atom is 0.329 e. The van der Waals surface area contributed by atoms with Crippen molar-refractivity contribution in [2.24, 2.45) is 11.8 Å². The Morgan fingerprint density at radius 1 is 1.14 bits per heavy atom. The first kappa shape index (κ1) is 33.2. The topological polar surface area (TPSA) is 171 Å². The maximum absolute atomic E-state index is 14.6. The number of hydrogen-bond acceptors (Lipinski definition) is 9. The Bertz CT molecular complexity index is 1410. The molecule has 0 aliphatic carbocycles. The molecule has 0 saturated carbocycles. The van der Waals surface area contributed by atoms with Gasteiger partial charge in [-0.2, -0.15) is 18.2 Å². The van der Waals surface area contributed by atoms with Crippen LogP contribution in [0.4, 0.5) is 17.6 Å². The minimum absolute atomic E-state index is 0.493. The van der Waals surface area contributed by atoms with Gasteiger partial charge < -0.3 is 30.5 Å². The number of aliphatic hydroxyl groups is 1. The third-order valence-electron chi connectivity index (χ3n) is 7.13. The number of esters is 1. The van der Waals surface area contributed by atoms with Crippen LogP contribution in [0.15, 0.2) is 18.3 Å². The lowest BCUT2D eigenvalue weighted by Crippen LogP contribution is -2.61. The fourth-order valence-corrected chi connectivity index (χ4v) is 4.77. The largest absolute Gasteiger partial charge is 0.505 e. The summed E-state index contributed by atoms with van der Waals surface area (Å²) in [6.45, 7) is 5.67. The minimum atomic E-state index is -2.10. The van der Waals surface area contributed by atoms with E-state index in [1.165, 1.54) is 33.2 Å². The molecule has 3 rings (SSSR count). The van der Waals surface area contributed by atoms with Crippen molar-refractivity contribution >= 4 is 23.7 Å². The van der Waals surface area contributed by atoms with Crippen LogP contribution in [0.2, 0.25) is 0 Å². The molecule has 0 bridgehead atoms. The fourth-order valence-electron chi connectivity index (χ4n) is 4.77. The van der Waals surface area contributed by atoms with Crippen LogP contribution in [0.1, 0.15) is 43.7 Å². The second-order valence-corrected chi connectivity index (χ2v) is 10.5. The minimum Gasteiger partial charge on any atom is -0.505 e. The van der Waals surface area contributed by atoms with Gasteiger partial charge >= 0.3 is 5.97 Å². The molecule has 0 aromatic carbocycles. The normalized spacial score (nSPS) is 25.5. The molecule has 1 aliphatic rings. The van der Waals surface area contributed by atoms with Crippen LogP contribution >= 0.6 is 0 Å². The third kappa shape index (κ3) is 7.01. The second kappa shape index (κ2) is 13.3. The van der Waals surface area contributed by atoms with Gasteiger partial charge in [0.25, 0.3) is 11.9 Å². The molecule has 0 spiro atoms. The van der Waals surface area contributed by atoms with E-state index in [0.717, 1.165) is 11.0 Å². The molecule has 2 aromatic rings. The van der Waals surface area contributed by atoms with Crippen molar-refractivity contribution in [3.8, 4) is 5.75 Å². The Morgan fingerprint density at radius 2 is 1.79 bits per heavy atom. The molecule has 1 aliphatic heterocycles. The number of aromatic hydroxyl groups is 1. The summed E-state index contributed by atoms with van der Waals surface area (Å²) >= 11 is 0. The number of amides is 3. The molecule has 12 nitrogen and oxygen atoms in total. The summed E-state index contributed by atoms with van der Waals surface area (Å²) < 4.78 is 62.0. The lowest BCUT2D eigenvalue weighted by Gasteiger charge is -2.37. The Balaban J connectivity index is 2.11. The van der Waals surface area contributed by atoms with Gasteiger partial charge in [-0.3, -0.25) is 14.4 Å². The van der Waals surface area contributed by atoms with Crippen LogP contribution < -0.4 is 10.6 Å². The molecule has 43 heavy (non-hydrogen) atoms. The highest BCUT2D eigenvalue weighted by Crippen LogP contribution is 2.24. The molecule has 3 amide bonds. The fraction of sp³-hybridized carbons (Fsp3) is 0.481. The molecule has 4 N–H and O–H groups in total. The number of nitrogens with one attached hydrogen (secondary N) is 2. The van der Waals surface area contributed by atoms with Crippen LogP contribution in [0, 0.1) is 35.4 Å². The van der Waals surface area contributed by atoms with E-state index >= 15 is 0 Å². The van der Waals surface area contributed by atoms with E-state index in [9.17, 15) is 47.0 Å². The highest BCUT2D eigenvalue weighted by atomic mass is 19.2. The van der Waals surface area contributed by atoms with Gasteiger partial charge in [0.1, 0.15) is 23.9 Å². The predicted octanol–water partition coefficient (Wildman–Crippen LogP) is 0.990. The number of nitrogens with zero attached hydrogens (tertiary/aromatic N) is 3. The first-order chi connectivity index (χ1) is 20.1. The lowest BCUT2D eigenvalue weighted by atomic mass is 9.90. The molecule has 0 radical (unpaired) electrons. The first-order valence-electron chi connectivity index (χ1n) is 13.2. The van der Waals surface area contributed by atoms with Gasteiger partial charge in [0.05, 0.1) is 18.1 Å². The summed E-state index contributed by atoms with van der Waals surface area (Å²) in [6.07, 6.45) is -3.20. The number of aromatic nitrogens is 2. The Kier molecular flexibility index (Phi) is 10.3. The van der Waals surface area contributed by atoms with Gasteiger partial charge in [0.2, 0.25) is 23.6 Å². The van der Waals surface area contributed by atoms with Gasteiger partial charge in [-0.1, -0.05) is 20.8 Å². The molecule has 3 heterocycles. The third-order valence-corrected chi connectivity index (χ3v) is 7.13. The van der Waals surface area contributed by atoms with E-state index in [1.807, 2.05) is 0 Å². The number of carbonyl (C=O) groups is 4. The second-order valence-electron chi connectivity index (χ2n) is 10.5. The standard InChI is InChI=1S/C27H31F4N5O7/c1-10(2)20-27(42)43-12(4)18(34-25(40)19-15(37)7-6-8-32-19)24(39)33-14(21(38)11(3)26(41)36(20)5)9-13-16(28)17(29)23(31)35-22(13)30/h6-8,10-12,14,18,20-21,37-38H,9H2,1-5H3,(H,33,39)(H,34,40)/t11-,12-,14+,18+,20?,21+/m1/s1. The number of ether oxygens (including phenoxy) is 1. The van der Waals surface area contributed by atoms with E-state index < -0.39 is 113 Å². The van der Waals surface area contributed by atoms with Gasteiger partial charge in [-0.25, -0.2) is 14.2 Å². The highest BCUT2D eigenvalue weighted by molar-refractivity contribution is 5.98. The van der Waals surface area contributed by atoms with Crippen LogP contribution in [-0.4, -0.2) is 86.2 Å². The molecular weight excluding hydrogens is 582 g/mol. The lowest BCUT2D eigenvalue weighted by molar-refractivity contribution is -0.164. The van der Waals surface area contributed by atoms with Gasteiger partial charge in [-0.15, -0.1) is 0 Å². The van der Waals surface area contributed by atoms with Crippen LogP contribution in [-0.2, 0) is 25.5 Å². The van der Waals surface area contributed by atoms with E-state index in [1.54, 1.807) is 13.8 Å². The van der Waals surface area contributed by atoms with Gasteiger partial charge in [0, 0.05) is 25.2 Å². The number of pyridine rings is 2. The molecular formula is C27H31F4N5O7. The Morgan fingerprint density at radius 3 is 2.40 bits per heavy atom. The monoisotopic (exact) mass is 613 g/mol. The van der Waals surface area contributed by atoms with Crippen molar-refractivity contribution in [1.29, 1.82) is 0 Å². The zero-order chi connectivity index (χ0) is 32.3. The summed E-state index contributed by atoms with van der Waals surface area (Å²) in [6, 6.07) is -2.25.